The summed E-state index contributed by atoms with van der Waals surface area (Å²) < 4.78 is 4.96. The molecule has 2 aromatic carbocycles. The van der Waals surface area contributed by atoms with Gasteiger partial charge in [-0.3, -0.25) is 19.3 Å². The fourth-order valence-corrected chi connectivity index (χ4v) is 3.33. The van der Waals surface area contributed by atoms with Crippen LogP contribution in [0.4, 0.5) is 11.4 Å². The van der Waals surface area contributed by atoms with E-state index >= 15 is 0 Å². The van der Waals surface area contributed by atoms with Gasteiger partial charge in [-0.15, -0.1) is 11.8 Å². The third kappa shape index (κ3) is 4.34. The number of amides is 2. The summed E-state index contributed by atoms with van der Waals surface area (Å²) in [6.45, 7) is -0.707. The first-order valence-electron chi connectivity index (χ1n) is 7.79. The van der Waals surface area contributed by atoms with Gasteiger partial charge < -0.3 is 15.2 Å². The van der Waals surface area contributed by atoms with Crippen molar-refractivity contribution in [1.82, 2.24) is 0 Å². The molecule has 134 valence electrons. The Morgan fingerprint density at radius 3 is 2.65 bits per heavy atom. The van der Waals surface area contributed by atoms with E-state index in [-0.39, 0.29) is 24.0 Å². The molecule has 1 aliphatic heterocycles. The minimum Gasteiger partial charge on any atom is -0.508 e. The first kappa shape index (κ1) is 17.8. The molecular weight excluding hydrogens is 356 g/mol. The fraction of sp³-hybridized carbons (Fsp3) is 0.167. The molecule has 26 heavy (non-hydrogen) atoms. The third-order valence-electron chi connectivity index (χ3n) is 3.61. The number of nitrogens with one attached hydrogen (secondary N) is 1. The van der Waals surface area contributed by atoms with E-state index in [0.717, 1.165) is 4.90 Å². The summed E-state index contributed by atoms with van der Waals surface area (Å²) in [4.78, 5) is 38.2. The molecule has 2 N–H and O–H groups in total. The average Bonchev–Trinajstić information content (AvgIpc) is 2.64. The number of phenolic OH excluding ortho intramolecular Hbond substituents is 1. The van der Waals surface area contributed by atoms with Gasteiger partial charge in [0, 0.05) is 10.6 Å². The van der Waals surface area contributed by atoms with Crippen molar-refractivity contribution in [1.29, 1.82) is 0 Å². The Hall–Kier alpha value is -3.00. The van der Waals surface area contributed by atoms with E-state index in [1.54, 1.807) is 12.1 Å². The monoisotopic (exact) mass is 372 g/mol. The Labute approximate surface area is 153 Å². The minimum atomic E-state index is -0.666. The van der Waals surface area contributed by atoms with Crippen molar-refractivity contribution >= 4 is 40.9 Å². The maximum Gasteiger partial charge on any atom is 0.326 e. The lowest BCUT2D eigenvalue weighted by Crippen LogP contribution is -2.40. The molecule has 1 heterocycles. The molecule has 0 fully saturated rings. The van der Waals surface area contributed by atoms with Crippen LogP contribution in [-0.4, -0.2) is 41.8 Å². The zero-order chi connectivity index (χ0) is 18.5. The number of carbonyl (C=O) groups is 3. The van der Waals surface area contributed by atoms with Crippen molar-refractivity contribution in [2.75, 3.05) is 29.1 Å². The number of phenols is 1. The second kappa shape index (κ2) is 7.92. The Morgan fingerprint density at radius 2 is 1.88 bits per heavy atom. The summed E-state index contributed by atoms with van der Waals surface area (Å²) >= 11 is 1.42. The van der Waals surface area contributed by atoms with E-state index in [1.165, 1.54) is 40.9 Å². The van der Waals surface area contributed by atoms with Crippen LogP contribution < -0.4 is 10.2 Å². The zero-order valence-electron chi connectivity index (χ0n) is 13.7. The van der Waals surface area contributed by atoms with E-state index in [0.29, 0.717) is 11.4 Å². The molecular formula is C18H16N2O5S. The van der Waals surface area contributed by atoms with E-state index in [4.69, 9.17) is 4.74 Å². The van der Waals surface area contributed by atoms with Crippen LogP contribution in [-0.2, 0) is 19.1 Å². The van der Waals surface area contributed by atoms with Gasteiger partial charge in [0.1, 0.15) is 12.3 Å². The molecule has 0 unspecified atom stereocenters. The van der Waals surface area contributed by atoms with Gasteiger partial charge in [0.25, 0.3) is 5.91 Å². The normalized spacial score (nSPS) is 13.1. The van der Waals surface area contributed by atoms with Gasteiger partial charge in [-0.1, -0.05) is 12.1 Å². The summed E-state index contributed by atoms with van der Waals surface area (Å²) in [5.74, 6) is -1.02. The highest BCUT2D eigenvalue weighted by molar-refractivity contribution is 8.00. The molecule has 0 saturated carbocycles. The maximum atomic E-state index is 12.1. The molecule has 0 aliphatic carbocycles. The predicted molar refractivity (Wildman–Crippen MR) is 97.2 cm³/mol. The van der Waals surface area contributed by atoms with Gasteiger partial charge in [-0.2, -0.15) is 0 Å². The molecule has 0 aromatic heterocycles. The zero-order valence-corrected chi connectivity index (χ0v) is 14.5. The van der Waals surface area contributed by atoms with Crippen LogP contribution in [0.2, 0.25) is 0 Å². The lowest BCUT2D eigenvalue weighted by molar-refractivity contribution is -0.146. The number of hydrogen-bond donors (Lipinski definition) is 2. The second-order valence-corrected chi connectivity index (χ2v) is 6.51. The number of rotatable bonds is 5. The Morgan fingerprint density at radius 1 is 1.15 bits per heavy atom. The van der Waals surface area contributed by atoms with Gasteiger partial charge in [0.15, 0.2) is 6.61 Å². The van der Waals surface area contributed by atoms with Crippen LogP contribution in [0.3, 0.4) is 0 Å². The van der Waals surface area contributed by atoms with Gasteiger partial charge in [0.05, 0.1) is 11.4 Å². The van der Waals surface area contributed by atoms with Crippen LogP contribution in [0.25, 0.3) is 0 Å². The average molecular weight is 372 g/mol. The fourth-order valence-electron chi connectivity index (χ4n) is 2.39. The number of nitrogens with zero attached hydrogens (tertiary/aromatic N) is 1. The molecule has 3 rings (SSSR count). The highest BCUT2D eigenvalue weighted by Crippen LogP contribution is 2.34. The van der Waals surface area contributed by atoms with Crippen LogP contribution in [0, 0.1) is 0 Å². The number of carbonyl (C=O) groups excluding carboxylic acids is 3. The third-order valence-corrected chi connectivity index (χ3v) is 4.66. The van der Waals surface area contributed by atoms with Crippen LogP contribution >= 0.6 is 11.8 Å². The number of esters is 1. The number of fused-ring (bicyclic) bond motifs is 1. The maximum absolute atomic E-state index is 12.1. The SMILES string of the molecule is O=C(COC(=O)CN1C(=O)CSc2ccccc21)Nc1ccc(O)cc1. The van der Waals surface area contributed by atoms with Crippen molar-refractivity contribution in [3.8, 4) is 5.75 Å². The summed E-state index contributed by atoms with van der Waals surface area (Å²) in [6, 6.07) is 13.2. The second-order valence-electron chi connectivity index (χ2n) is 5.49. The Kier molecular flexibility index (Phi) is 5.43. The number of ether oxygens (including phenoxy) is 1. The number of anilines is 2. The molecule has 7 nitrogen and oxygen atoms in total. The number of hydrogen-bond acceptors (Lipinski definition) is 6. The predicted octanol–water partition coefficient (Wildman–Crippen LogP) is 2.01. The van der Waals surface area contributed by atoms with Gasteiger partial charge in [-0.05, 0) is 36.4 Å². The largest absolute Gasteiger partial charge is 0.508 e. The van der Waals surface area contributed by atoms with Crippen molar-refractivity contribution in [2.24, 2.45) is 0 Å². The topological polar surface area (TPSA) is 95.9 Å². The minimum absolute atomic E-state index is 0.0825. The Balaban J connectivity index is 1.53. The van der Waals surface area contributed by atoms with Gasteiger partial charge in [-0.25, -0.2) is 0 Å². The highest BCUT2D eigenvalue weighted by Gasteiger charge is 2.26. The highest BCUT2D eigenvalue weighted by atomic mass is 32.2. The Bertz CT molecular complexity index is 838. The first-order valence-corrected chi connectivity index (χ1v) is 8.78. The van der Waals surface area contributed by atoms with Crippen LogP contribution in [0.15, 0.2) is 53.4 Å². The molecule has 2 aromatic rings. The van der Waals surface area contributed by atoms with Gasteiger partial charge >= 0.3 is 5.97 Å². The molecule has 0 atom stereocenters. The van der Waals surface area contributed by atoms with Crippen LogP contribution in [0.5, 0.6) is 5.75 Å². The number of aromatic hydroxyl groups is 1. The number of thioether (sulfide) groups is 1. The molecule has 0 bridgehead atoms. The van der Waals surface area contributed by atoms with Gasteiger partial charge in [0.2, 0.25) is 5.91 Å². The lowest BCUT2D eigenvalue weighted by atomic mass is 10.2. The van der Waals surface area contributed by atoms with Crippen molar-refractivity contribution in [2.45, 2.75) is 4.90 Å². The van der Waals surface area contributed by atoms with Crippen molar-refractivity contribution in [3.63, 3.8) is 0 Å². The molecule has 8 heteroatoms. The quantitative estimate of drug-likeness (QED) is 0.616. The van der Waals surface area contributed by atoms with Crippen molar-refractivity contribution < 1.29 is 24.2 Å². The molecule has 1 aliphatic rings. The smallest absolute Gasteiger partial charge is 0.326 e. The van der Waals surface area contributed by atoms with E-state index in [2.05, 4.69) is 5.32 Å². The summed E-state index contributed by atoms with van der Waals surface area (Å²) in [7, 11) is 0. The summed E-state index contributed by atoms with van der Waals surface area (Å²) in [5.41, 5.74) is 1.14. The number of benzene rings is 2. The molecule has 0 radical (unpaired) electrons. The van der Waals surface area contributed by atoms with E-state index in [1.807, 2.05) is 12.1 Å². The summed E-state index contributed by atoms with van der Waals surface area (Å²) in [6.07, 6.45) is 0. The first-order chi connectivity index (χ1) is 12.5. The van der Waals surface area contributed by atoms with Crippen molar-refractivity contribution in [3.05, 3.63) is 48.5 Å². The lowest BCUT2D eigenvalue weighted by Gasteiger charge is -2.27. The standard InChI is InChI=1S/C18H16N2O5S/c21-13-7-5-12(6-8-13)19-16(22)10-25-18(24)9-20-14-3-1-2-4-15(14)26-11-17(20)23/h1-8,21H,9-11H2,(H,19,22). The summed E-state index contributed by atoms with van der Waals surface area (Å²) in [5, 5.41) is 11.7. The van der Waals surface area contributed by atoms with E-state index < -0.39 is 18.5 Å². The molecule has 0 saturated heterocycles. The van der Waals surface area contributed by atoms with Crippen LogP contribution in [0.1, 0.15) is 0 Å². The van der Waals surface area contributed by atoms with E-state index in [9.17, 15) is 19.5 Å². The molecule has 0 spiro atoms. The number of para-hydroxylation sites is 1. The molecule has 2 amide bonds.